The fourth-order valence-electron chi connectivity index (χ4n) is 1.93. The normalized spacial score (nSPS) is 12.4. The lowest BCUT2D eigenvalue weighted by Crippen LogP contribution is -2.39. The molecule has 24 heavy (non-hydrogen) atoms. The van der Waals surface area contributed by atoms with Gasteiger partial charge in [0.2, 0.25) is 5.91 Å². The largest absolute Gasteiger partial charge is 0.465 e. The van der Waals surface area contributed by atoms with Gasteiger partial charge < -0.3 is 20.1 Å². The Labute approximate surface area is 137 Å². The maximum Gasteiger partial charge on any atom is 0.416 e. The second kappa shape index (κ2) is 8.53. The van der Waals surface area contributed by atoms with Crippen LogP contribution in [0.15, 0.2) is 18.2 Å². The lowest BCUT2D eigenvalue weighted by Gasteiger charge is -2.15. The summed E-state index contributed by atoms with van der Waals surface area (Å²) in [5.74, 6) is -1.32. The molecule has 9 heteroatoms. The van der Waals surface area contributed by atoms with E-state index in [-0.39, 0.29) is 23.8 Å². The van der Waals surface area contributed by atoms with Crippen molar-refractivity contribution in [2.45, 2.75) is 19.1 Å². The van der Waals surface area contributed by atoms with Crippen molar-refractivity contribution < 1.29 is 32.2 Å². The first-order valence-electron chi connectivity index (χ1n) is 7.00. The minimum Gasteiger partial charge on any atom is -0.465 e. The van der Waals surface area contributed by atoms with E-state index in [4.69, 9.17) is 4.74 Å². The van der Waals surface area contributed by atoms with Gasteiger partial charge in [0.25, 0.3) is 0 Å². The molecule has 0 aliphatic carbocycles. The molecule has 0 spiro atoms. The van der Waals surface area contributed by atoms with Crippen molar-refractivity contribution in [2.24, 2.45) is 0 Å². The van der Waals surface area contributed by atoms with E-state index in [2.05, 4.69) is 15.4 Å². The zero-order valence-corrected chi connectivity index (χ0v) is 13.5. The highest BCUT2D eigenvalue weighted by Crippen LogP contribution is 2.32. The Morgan fingerprint density at radius 1 is 1.21 bits per heavy atom. The maximum absolute atomic E-state index is 12.9. The monoisotopic (exact) mass is 348 g/mol. The van der Waals surface area contributed by atoms with Crippen LogP contribution in [0, 0.1) is 0 Å². The van der Waals surface area contributed by atoms with Crippen LogP contribution in [0.5, 0.6) is 0 Å². The summed E-state index contributed by atoms with van der Waals surface area (Å²) < 4.78 is 48.0. The fourth-order valence-corrected chi connectivity index (χ4v) is 1.93. The van der Waals surface area contributed by atoms with E-state index in [1.54, 1.807) is 6.92 Å². The summed E-state index contributed by atoms with van der Waals surface area (Å²) in [5, 5.41) is 5.17. The Kier molecular flexibility index (Phi) is 7.02. The number of alkyl halides is 3. The molecule has 0 saturated carbocycles. The molecule has 0 aromatic heterocycles. The van der Waals surface area contributed by atoms with Gasteiger partial charge in [0.05, 0.1) is 31.4 Å². The summed E-state index contributed by atoms with van der Waals surface area (Å²) in [6, 6.07) is 2.46. The Hall–Kier alpha value is -2.29. The highest BCUT2D eigenvalue weighted by Gasteiger charge is 2.32. The van der Waals surface area contributed by atoms with Crippen molar-refractivity contribution in [1.82, 2.24) is 5.32 Å². The molecule has 0 fully saturated rings. The zero-order valence-electron chi connectivity index (χ0n) is 13.5. The molecule has 0 aliphatic rings. The molecule has 1 rings (SSSR count). The first kappa shape index (κ1) is 19.8. The van der Waals surface area contributed by atoms with E-state index in [9.17, 15) is 22.8 Å². The van der Waals surface area contributed by atoms with Gasteiger partial charge in [-0.25, -0.2) is 4.79 Å². The number of hydrogen-bond donors (Lipinski definition) is 2. The quantitative estimate of drug-likeness (QED) is 0.738. The molecule has 2 N–H and O–H groups in total. The molecule has 134 valence electrons. The highest BCUT2D eigenvalue weighted by atomic mass is 19.4. The lowest BCUT2D eigenvalue weighted by atomic mass is 10.1. The molecular formula is C15H19F3N2O4. The predicted octanol–water partition coefficient (Wildman–Crippen LogP) is 2.05. The van der Waals surface area contributed by atoms with Crippen LogP contribution in [0.25, 0.3) is 0 Å². The first-order valence-corrected chi connectivity index (χ1v) is 7.00. The highest BCUT2D eigenvalue weighted by molar-refractivity contribution is 5.91. The molecule has 1 unspecified atom stereocenters. The van der Waals surface area contributed by atoms with Gasteiger partial charge in [0.15, 0.2) is 0 Å². The minimum atomic E-state index is -4.63. The SMILES string of the molecule is COCC(C)NC(=O)CNc1cc(C(=O)OC)cc(C(F)(F)F)c1. The van der Waals surface area contributed by atoms with E-state index < -0.39 is 23.6 Å². The molecule has 1 aromatic carbocycles. The van der Waals surface area contributed by atoms with Gasteiger partial charge in [-0.2, -0.15) is 13.2 Å². The smallest absolute Gasteiger partial charge is 0.416 e. The molecule has 0 bridgehead atoms. The molecule has 0 aliphatic heterocycles. The number of esters is 1. The number of anilines is 1. The second-order valence-electron chi connectivity index (χ2n) is 5.07. The number of halogens is 3. The van der Waals surface area contributed by atoms with Gasteiger partial charge in [-0.15, -0.1) is 0 Å². The number of carbonyl (C=O) groups excluding carboxylic acids is 2. The standard InChI is InChI=1S/C15H19F3N2O4/c1-9(8-23-2)20-13(21)7-19-12-5-10(14(22)24-3)4-11(6-12)15(16,17)18/h4-6,9,19H,7-8H2,1-3H3,(H,20,21). The van der Waals surface area contributed by atoms with E-state index >= 15 is 0 Å². The molecule has 1 atom stereocenters. The average Bonchev–Trinajstić information content (AvgIpc) is 2.51. The molecule has 1 amide bonds. The summed E-state index contributed by atoms with van der Waals surface area (Å²) in [5.41, 5.74) is -1.29. The Morgan fingerprint density at radius 2 is 1.88 bits per heavy atom. The van der Waals surface area contributed by atoms with Crippen molar-refractivity contribution in [3.63, 3.8) is 0 Å². The van der Waals surface area contributed by atoms with E-state index in [0.29, 0.717) is 12.7 Å². The summed E-state index contributed by atoms with van der Waals surface area (Å²) in [6.45, 7) is 1.78. The van der Waals surface area contributed by atoms with Crippen molar-refractivity contribution in [3.8, 4) is 0 Å². The van der Waals surface area contributed by atoms with Crippen LogP contribution < -0.4 is 10.6 Å². The average molecular weight is 348 g/mol. The topological polar surface area (TPSA) is 76.7 Å². The number of ether oxygens (including phenoxy) is 2. The molecular weight excluding hydrogens is 329 g/mol. The Bertz CT molecular complexity index is 591. The third-order valence-electron chi connectivity index (χ3n) is 2.96. The summed E-state index contributed by atoms with van der Waals surface area (Å²) in [6.07, 6.45) is -4.63. The van der Waals surface area contributed by atoms with Crippen LogP contribution in [-0.4, -0.2) is 45.3 Å². The van der Waals surface area contributed by atoms with Gasteiger partial charge in [-0.3, -0.25) is 4.79 Å². The van der Waals surface area contributed by atoms with Gasteiger partial charge in [0, 0.05) is 18.8 Å². The summed E-state index contributed by atoms with van der Waals surface area (Å²) >= 11 is 0. The predicted molar refractivity (Wildman–Crippen MR) is 80.8 cm³/mol. The third-order valence-corrected chi connectivity index (χ3v) is 2.96. The van der Waals surface area contributed by atoms with E-state index in [1.165, 1.54) is 13.2 Å². The number of amides is 1. The van der Waals surface area contributed by atoms with Crippen LogP contribution in [0.2, 0.25) is 0 Å². The van der Waals surface area contributed by atoms with Crippen LogP contribution >= 0.6 is 0 Å². The van der Waals surface area contributed by atoms with Crippen LogP contribution in [0.1, 0.15) is 22.8 Å². The molecule has 1 aromatic rings. The number of rotatable bonds is 7. The van der Waals surface area contributed by atoms with E-state index in [1.807, 2.05) is 0 Å². The Balaban J connectivity index is 2.87. The molecule has 0 radical (unpaired) electrons. The minimum absolute atomic E-state index is 0.0141. The van der Waals surface area contributed by atoms with Crippen LogP contribution in [0.4, 0.5) is 18.9 Å². The second-order valence-corrected chi connectivity index (χ2v) is 5.07. The van der Waals surface area contributed by atoms with Gasteiger partial charge in [-0.1, -0.05) is 0 Å². The number of methoxy groups -OCH3 is 2. The molecule has 0 heterocycles. The van der Waals surface area contributed by atoms with Crippen molar-refractivity contribution >= 4 is 17.6 Å². The lowest BCUT2D eigenvalue weighted by molar-refractivity contribution is -0.137. The zero-order chi connectivity index (χ0) is 18.3. The number of nitrogens with one attached hydrogen (secondary N) is 2. The Morgan fingerprint density at radius 3 is 2.42 bits per heavy atom. The van der Waals surface area contributed by atoms with Gasteiger partial charge in [0.1, 0.15) is 0 Å². The number of carbonyl (C=O) groups is 2. The molecule has 0 saturated heterocycles. The van der Waals surface area contributed by atoms with Gasteiger partial charge >= 0.3 is 12.1 Å². The van der Waals surface area contributed by atoms with Crippen LogP contribution in [0.3, 0.4) is 0 Å². The van der Waals surface area contributed by atoms with Crippen LogP contribution in [-0.2, 0) is 20.4 Å². The van der Waals surface area contributed by atoms with E-state index in [0.717, 1.165) is 13.2 Å². The molecule has 6 nitrogen and oxygen atoms in total. The number of hydrogen-bond acceptors (Lipinski definition) is 5. The van der Waals surface area contributed by atoms with Crippen molar-refractivity contribution in [1.29, 1.82) is 0 Å². The van der Waals surface area contributed by atoms with Crippen molar-refractivity contribution in [2.75, 3.05) is 32.7 Å². The van der Waals surface area contributed by atoms with Gasteiger partial charge in [-0.05, 0) is 25.1 Å². The van der Waals surface area contributed by atoms with Crippen molar-refractivity contribution in [3.05, 3.63) is 29.3 Å². The maximum atomic E-state index is 12.9. The fraction of sp³-hybridized carbons (Fsp3) is 0.467. The first-order chi connectivity index (χ1) is 11.2. The summed E-state index contributed by atoms with van der Waals surface area (Å²) in [4.78, 5) is 23.2. The summed E-state index contributed by atoms with van der Waals surface area (Å²) in [7, 11) is 2.55. The number of benzene rings is 1. The third kappa shape index (κ3) is 6.07.